The molecule has 0 radical (unpaired) electrons. The lowest BCUT2D eigenvalue weighted by Gasteiger charge is -2.22. The summed E-state index contributed by atoms with van der Waals surface area (Å²) in [6.07, 6.45) is 2.08. The van der Waals surface area contributed by atoms with E-state index in [1.165, 1.54) is 6.07 Å². The molecule has 1 aliphatic rings. The Morgan fingerprint density at radius 3 is 2.55 bits per heavy atom. The number of nitrogens with zero attached hydrogens (tertiary/aromatic N) is 1. The van der Waals surface area contributed by atoms with Crippen molar-refractivity contribution in [3.8, 4) is 0 Å². The Kier molecular flexibility index (Phi) is 4.98. The lowest BCUT2D eigenvalue weighted by molar-refractivity contribution is -0.152. The second-order valence-electron chi connectivity index (χ2n) is 4.93. The molecule has 0 unspecified atom stereocenters. The summed E-state index contributed by atoms with van der Waals surface area (Å²) in [5.41, 5.74) is 6.56. The molecule has 1 saturated heterocycles. The van der Waals surface area contributed by atoms with Crippen LogP contribution in [0, 0.1) is 0 Å². The van der Waals surface area contributed by atoms with Gasteiger partial charge in [-0.2, -0.15) is 0 Å². The second-order valence-corrected chi connectivity index (χ2v) is 4.93. The van der Waals surface area contributed by atoms with Gasteiger partial charge in [0, 0.05) is 13.1 Å². The highest BCUT2D eigenvalue weighted by molar-refractivity contribution is 6.37. The number of benzene rings is 1. The first-order chi connectivity index (χ1) is 10.5. The molecule has 0 saturated carbocycles. The lowest BCUT2D eigenvalue weighted by atomic mass is 10.1. The zero-order chi connectivity index (χ0) is 16.1. The first-order valence-electron chi connectivity index (χ1n) is 7.20. The van der Waals surface area contributed by atoms with Crippen molar-refractivity contribution in [2.24, 2.45) is 5.73 Å². The van der Waals surface area contributed by atoms with E-state index in [0.717, 1.165) is 25.9 Å². The van der Waals surface area contributed by atoms with E-state index in [1.807, 2.05) is 4.90 Å². The number of ether oxygens (including phenoxy) is 1. The van der Waals surface area contributed by atoms with Crippen molar-refractivity contribution in [2.75, 3.05) is 29.9 Å². The minimum atomic E-state index is -0.996. The van der Waals surface area contributed by atoms with Crippen molar-refractivity contribution in [1.82, 2.24) is 0 Å². The lowest BCUT2D eigenvalue weighted by Crippen LogP contribution is -2.28. The van der Waals surface area contributed by atoms with Gasteiger partial charge in [-0.3, -0.25) is 9.59 Å². The third-order valence-electron chi connectivity index (χ3n) is 3.44. The van der Waals surface area contributed by atoms with Crippen molar-refractivity contribution in [3.63, 3.8) is 0 Å². The average Bonchev–Trinajstić information content (AvgIpc) is 3.01. The van der Waals surface area contributed by atoms with Crippen LogP contribution in [-0.2, 0) is 14.3 Å². The molecule has 2 amide bonds. The van der Waals surface area contributed by atoms with Crippen LogP contribution in [0.15, 0.2) is 18.2 Å². The number of carbonyl (C=O) groups excluding carboxylic acids is 3. The zero-order valence-electron chi connectivity index (χ0n) is 12.4. The number of esters is 1. The largest absolute Gasteiger partial charge is 0.459 e. The second kappa shape index (κ2) is 6.93. The highest BCUT2D eigenvalue weighted by Gasteiger charge is 2.23. The molecule has 0 bridgehead atoms. The Morgan fingerprint density at radius 1 is 1.27 bits per heavy atom. The van der Waals surface area contributed by atoms with Gasteiger partial charge in [0.25, 0.3) is 5.91 Å². The minimum absolute atomic E-state index is 0.0999. The van der Waals surface area contributed by atoms with Gasteiger partial charge in [-0.25, -0.2) is 4.79 Å². The molecule has 3 N–H and O–H groups in total. The Morgan fingerprint density at radius 2 is 1.95 bits per heavy atom. The quantitative estimate of drug-likeness (QED) is 0.635. The van der Waals surface area contributed by atoms with E-state index in [4.69, 9.17) is 5.73 Å². The van der Waals surface area contributed by atoms with Crippen molar-refractivity contribution < 1.29 is 19.1 Å². The molecule has 7 nitrogen and oxygen atoms in total. The topological polar surface area (TPSA) is 102 Å². The van der Waals surface area contributed by atoms with Crippen molar-refractivity contribution >= 4 is 29.2 Å². The summed E-state index contributed by atoms with van der Waals surface area (Å²) in [4.78, 5) is 37.0. The molecule has 1 aliphatic heterocycles. The molecule has 1 aromatic rings. The summed E-state index contributed by atoms with van der Waals surface area (Å²) in [7, 11) is 0. The van der Waals surface area contributed by atoms with Crippen molar-refractivity contribution in [3.05, 3.63) is 23.8 Å². The predicted octanol–water partition coefficient (Wildman–Crippen LogP) is 0.887. The number of rotatable bonds is 4. The fourth-order valence-electron chi connectivity index (χ4n) is 2.49. The van der Waals surface area contributed by atoms with E-state index in [9.17, 15) is 14.4 Å². The molecule has 1 aromatic carbocycles. The maximum atomic E-state index is 11.8. The monoisotopic (exact) mass is 305 g/mol. The smallest absolute Gasteiger partial charge is 0.397 e. The predicted molar refractivity (Wildman–Crippen MR) is 81.7 cm³/mol. The van der Waals surface area contributed by atoms with E-state index in [-0.39, 0.29) is 17.9 Å². The van der Waals surface area contributed by atoms with Gasteiger partial charge in [-0.1, -0.05) is 6.07 Å². The molecule has 118 valence electrons. The van der Waals surface area contributed by atoms with Gasteiger partial charge in [-0.05, 0) is 31.9 Å². The van der Waals surface area contributed by atoms with Crippen molar-refractivity contribution in [1.29, 1.82) is 0 Å². The standard InChI is InChI=1S/C15H19N3O4/c1-2-22-15(21)14(20)17-10-6-5-7-11(12(10)13(16)19)18-8-3-4-9-18/h5-7H,2-4,8-9H2,1H3,(H2,16,19)(H,17,20). The van der Waals surface area contributed by atoms with Crippen LogP contribution in [0.1, 0.15) is 30.1 Å². The van der Waals surface area contributed by atoms with E-state index in [1.54, 1.807) is 19.1 Å². The maximum Gasteiger partial charge on any atom is 0.397 e. The third-order valence-corrected chi connectivity index (χ3v) is 3.44. The maximum absolute atomic E-state index is 11.8. The summed E-state index contributed by atoms with van der Waals surface area (Å²) in [5, 5.41) is 2.40. The van der Waals surface area contributed by atoms with Gasteiger partial charge < -0.3 is 20.7 Å². The average molecular weight is 305 g/mol. The fourth-order valence-corrected chi connectivity index (χ4v) is 2.49. The van der Waals surface area contributed by atoms with Crippen LogP contribution in [-0.4, -0.2) is 37.5 Å². The molecular weight excluding hydrogens is 286 g/mol. The fraction of sp³-hybridized carbons (Fsp3) is 0.400. The van der Waals surface area contributed by atoms with Gasteiger partial charge in [0.2, 0.25) is 0 Å². The molecule has 0 aromatic heterocycles. The molecule has 0 atom stereocenters. The number of hydrogen-bond acceptors (Lipinski definition) is 5. The summed E-state index contributed by atoms with van der Waals surface area (Å²) >= 11 is 0. The first kappa shape index (κ1) is 15.8. The van der Waals surface area contributed by atoms with Crippen LogP contribution >= 0.6 is 0 Å². The third kappa shape index (κ3) is 3.36. The zero-order valence-corrected chi connectivity index (χ0v) is 12.4. The van der Waals surface area contributed by atoms with Gasteiger partial charge in [0.05, 0.1) is 23.5 Å². The minimum Gasteiger partial charge on any atom is -0.459 e. The molecular formula is C15H19N3O4. The van der Waals surface area contributed by atoms with Gasteiger partial charge in [-0.15, -0.1) is 0 Å². The first-order valence-corrected chi connectivity index (χ1v) is 7.20. The van der Waals surface area contributed by atoms with Crippen LogP contribution in [0.4, 0.5) is 11.4 Å². The number of hydrogen-bond donors (Lipinski definition) is 2. The molecule has 7 heteroatoms. The van der Waals surface area contributed by atoms with Crippen LogP contribution in [0.5, 0.6) is 0 Å². The molecule has 0 aliphatic carbocycles. The number of carbonyl (C=O) groups is 3. The van der Waals surface area contributed by atoms with Crippen LogP contribution in [0.3, 0.4) is 0 Å². The highest BCUT2D eigenvalue weighted by atomic mass is 16.5. The molecule has 0 spiro atoms. The number of nitrogens with two attached hydrogens (primary N) is 1. The summed E-state index contributed by atoms with van der Waals surface area (Å²) in [6, 6.07) is 5.03. The van der Waals surface area contributed by atoms with Crippen LogP contribution in [0.2, 0.25) is 0 Å². The van der Waals surface area contributed by atoms with Crippen LogP contribution in [0.25, 0.3) is 0 Å². The number of amides is 2. The SMILES string of the molecule is CCOC(=O)C(=O)Nc1cccc(N2CCCC2)c1C(N)=O. The van der Waals surface area contributed by atoms with E-state index in [2.05, 4.69) is 10.1 Å². The Hall–Kier alpha value is -2.57. The summed E-state index contributed by atoms with van der Waals surface area (Å²) in [5.74, 6) is -2.57. The number of anilines is 2. The van der Waals surface area contributed by atoms with Crippen molar-refractivity contribution in [2.45, 2.75) is 19.8 Å². The van der Waals surface area contributed by atoms with Crippen LogP contribution < -0.4 is 16.0 Å². The highest BCUT2D eigenvalue weighted by Crippen LogP contribution is 2.29. The Balaban J connectivity index is 2.31. The molecule has 1 fully saturated rings. The van der Waals surface area contributed by atoms with E-state index < -0.39 is 17.8 Å². The normalized spacial score (nSPS) is 13.8. The van der Waals surface area contributed by atoms with Gasteiger partial charge >= 0.3 is 11.9 Å². The number of primary amides is 1. The van der Waals surface area contributed by atoms with Gasteiger partial charge in [0.15, 0.2) is 0 Å². The van der Waals surface area contributed by atoms with Gasteiger partial charge in [0.1, 0.15) is 0 Å². The molecule has 2 rings (SSSR count). The molecule has 22 heavy (non-hydrogen) atoms. The Labute approximate surface area is 128 Å². The van der Waals surface area contributed by atoms with E-state index >= 15 is 0 Å². The van der Waals surface area contributed by atoms with E-state index in [0.29, 0.717) is 5.69 Å². The summed E-state index contributed by atoms with van der Waals surface area (Å²) in [6.45, 7) is 3.36. The number of nitrogens with one attached hydrogen (secondary N) is 1. The molecule has 1 heterocycles. The summed E-state index contributed by atoms with van der Waals surface area (Å²) < 4.78 is 4.63. The Bertz CT molecular complexity index is 594.